The standard InChI is InChI=1S/C16H12Cl3N5O/c17-11-6-12(18)15(13(19)7-11)21-22-16(25)14-9-24(23-20-14)8-10-4-2-1-3-5-10/h1-7,9,21H,8H2,(H,22,25). The summed E-state index contributed by atoms with van der Waals surface area (Å²) in [7, 11) is 0. The van der Waals surface area contributed by atoms with Crippen LogP contribution >= 0.6 is 34.8 Å². The van der Waals surface area contributed by atoms with Crippen molar-refractivity contribution in [2.24, 2.45) is 0 Å². The molecule has 2 aromatic carbocycles. The van der Waals surface area contributed by atoms with Crippen LogP contribution in [0.25, 0.3) is 0 Å². The van der Waals surface area contributed by atoms with Crippen LogP contribution in [0.3, 0.4) is 0 Å². The quantitative estimate of drug-likeness (QED) is 0.638. The van der Waals surface area contributed by atoms with Gasteiger partial charge in [0.05, 0.1) is 28.5 Å². The molecule has 1 aromatic heterocycles. The van der Waals surface area contributed by atoms with E-state index in [1.807, 2.05) is 30.3 Å². The van der Waals surface area contributed by atoms with Gasteiger partial charge in [0.1, 0.15) is 0 Å². The molecule has 0 atom stereocenters. The maximum atomic E-state index is 12.2. The predicted molar refractivity (Wildman–Crippen MR) is 98.1 cm³/mol. The summed E-state index contributed by atoms with van der Waals surface area (Å²) in [6.07, 6.45) is 1.55. The molecule has 3 rings (SSSR count). The first-order valence-corrected chi connectivity index (χ1v) is 8.31. The van der Waals surface area contributed by atoms with Crippen LogP contribution in [0.1, 0.15) is 16.1 Å². The normalized spacial score (nSPS) is 10.5. The van der Waals surface area contributed by atoms with E-state index < -0.39 is 5.91 Å². The lowest BCUT2D eigenvalue weighted by Crippen LogP contribution is -2.30. The van der Waals surface area contributed by atoms with E-state index in [0.717, 1.165) is 5.56 Å². The maximum Gasteiger partial charge on any atom is 0.291 e. The molecule has 0 saturated carbocycles. The summed E-state index contributed by atoms with van der Waals surface area (Å²) in [6, 6.07) is 12.8. The van der Waals surface area contributed by atoms with E-state index in [1.54, 1.807) is 10.9 Å². The summed E-state index contributed by atoms with van der Waals surface area (Å²) in [5.41, 5.74) is 6.70. The number of aromatic nitrogens is 3. The average Bonchev–Trinajstić information content (AvgIpc) is 3.03. The number of rotatable bonds is 5. The third kappa shape index (κ3) is 4.42. The van der Waals surface area contributed by atoms with Gasteiger partial charge < -0.3 is 0 Å². The highest BCUT2D eigenvalue weighted by atomic mass is 35.5. The van der Waals surface area contributed by atoms with Gasteiger partial charge in [-0.3, -0.25) is 15.6 Å². The van der Waals surface area contributed by atoms with E-state index in [0.29, 0.717) is 17.3 Å². The number of nitrogens with zero attached hydrogens (tertiary/aromatic N) is 3. The zero-order valence-electron chi connectivity index (χ0n) is 12.7. The molecular weight excluding hydrogens is 385 g/mol. The Labute approximate surface area is 158 Å². The summed E-state index contributed by atoms with van der Waals surface area (Å²) in [4.78, 5) is 12.2. The smallest absolute Gasteiger partial charge is 0.291 e. The van der Waals surface area contributed by atoms with Gasteiger partial charge in [-0.2, -0.15) is 0 Å². The van der Waals surface area contributed by atoms with Gasteiger partial charge in [-0.05, 0) is 17.7 Å². The Balaban J connectivity index is 1.64. The largest absolute Gasteiger partial charge is 0.295 e. The van der Waals surface area contributed by atoms with E-state index in [2.05, 4.69) is 21.2 Å². The molecule has 0 saturated heterocycles. The van der Waals surface area contributed by atoms with Crippen LogP contribution in [0.5, 0.6) is 0 Å². The summed E-state index contributed by atoms with van der Waals surface area (Å²) in [6.45, 7) is 0.517. The van der Waals surface area contributed by atoms with Crippen molar-refractivity contribution in [2.75, 3.05) is 5.43 Å². The summed E-state index contributed by atoms with van der Waals surface area (Å²) in [5, 5.41) is 8.76. The number of benzene rings is 2. The minimum atomic E-state index is -0.471. The predicted octanol–water partition coefficient (Wildman–Crippen LogP) is 4.04. The first-order valence-electron chi connectivity index (χ1n) is 7.18. The van der Waals surface area contributed by atoms with Crippen LogP contribution in [0, 0.1) is 0 Å². The van der Waals surface area contributed by atoms with Crippen molar-refractivity contribution in [3.05, 3.63) is 75.0 Å². The number of hydrogen-bond acceptors (Lipinski definition) is 4. The van der Waals surface area contributed by atoms with Crippen molar-refractivity contribution in [2.45, 2.75) is 6.54 Å². The summed E-state index contributed by atoms with van der Waals surface area (Å²) in [5.74, 6) is -0.471. The van der Waals surface area contributed by atoms with E-state index in [-0.39, 0.29) is 15.7 Å². The minimum absolute atomic E-state index is 0.157. The number of halogens is 3. The minimum Gasteiger partial charge on any atom is -0.295 e. The number of amides is 1. The number of anilines is 1. The fourth-order valence-electron chi connectivity index (χ4n) is 2.10. The van der Waals surface area contributed by atoms with Crippen LogP contribution in [-0.4, -0.2) is 20.9 Å². The van der Waals surface area contributed by atoms with Crippen LogP contribution in [0.15, 0.2) is 48.7 Å². The molecular formula is C16H12Cl3N5O. The second kappa shape index (κ2) is 7.74. The molecule has 0 unspecified atom stereocenters. The zero-order valence-corrected chi connectivity index (χ0v) is 15.0. The molecule has 6 nitrogen and oxygen atoms in total. The van der Waals surface area contributed by atoms with Crippen molar-refractivity contribution in [1.82, 2.24) is 20.4 Å². The molecule has 0 fully saturated rings. The molecule has 0 aliphatic rings. The fraction of sp³-hybridized carbons (Fsp3) is 0.0625. The van der Waals surface area contributed by atoms with Crippen LogP contribution in [0.4, 0.5) is 5.69 Å². The highest BCUT2D eigenvalue weighted by Gasteiger charge is 2.13. The monoisotopic (exact) mass is 395 g/mol. The molecule has 128 valence electrons. The number of nitrogens with one attached hydrogen (secondary N) is 2. The molecule has 0 radical (unpaired) electrons. The zero-order chi connectivity index (χ0) is 17.8. The highest BCUT2D eigenvalue weighted by Crippen LogP contribution is 2.33. The van der Waals surface area contributed by atoms with E-state index >= 15 is 0 Å². The lowest BCUT2D eigenvalue weighted by Gasteiger charge is -2.11. The first-order chi connectivity index (χ1) is 12.0. The summed E-state index contributed by atoms with van der Waals surface area (Å²) < 4.78 is 1.58. The van der Waals surface area contributed by atoms with Crippen LogP contribution in [-0.2, 0) is 6.54 Å². The third-order valence-corrected chi connectivity index (χ3v) is 4.08. The van der Waals surface area contributed by atoms with Crippen LogP contribution < -0.4 is 10.9 Å². The second-order valence-electron chi connectivity index (χ2n) is 5.11. The Hall–Kier alpha value is -2.28. The molecule has 1 amide bonds. The molecule has 0 bridgehead atoms. The van der Waals surface area contributed by atoms with Gasteiger partial charge in [0.15, 0.2) is 5.69 Å². The molecule has 0 aliphatic heterocycles. The van der Waals surface area contributed by atoms with Crippen molar-refractivity contribution < 1.29 is 4.79 Å². The van der Waals surface area contributed by atoms with Crippen molar-refractivity contribution in [3.63, 3.8) is 0 Å². The first kappa shape index (κ1) is 17.5. The molecule has 1 heterocycles. The van der Waals surface area contributed by atoms with Gasteiger partial charge in [-0.1, -0.05) is 70.3 Å². The van der Waals surface area contributed by atoms with Crippen molar-refractivity contribution >= 4 is 46.4 Å². The number of carbonyl (C=O) groups is 1. The maximum absolute atomic E-state index is 12.2. The average molecular weight is 397 g/mol. The van der Waals surface area contributed by atoms with E-state index in [1.165, 1.54) is 12.1 Å². The third-order valence-electron chi connectivity index (χ3n) is 3.27. The Morgan fingerprint density at radius 3 is 2.44 bits per heavy atom. The molecule has 3 aromatic rings. The van der Waals surface area contributed by atoms with Crippen LogP contribution in [0.2, 0.25) is 15.1 Å². The van der Waals surface area contributed by atoms with Gasteiger partial charge in [0.25, 0.3) is 5.91 Å². The fourth-order valence-corrected chi connectivity index (χ4v) is 3.01. The topological polar surface area (TPSA) is 71.8 Å². The van der Waals surface area contributed by atoms with Crippen molar-refractivity contribution in [1.29, 1.82) is 0 Å². The lowest BCUT2D eigenvalue weighted by molar-refractivity contribution is 0.0957. The Kier molecular flexibility index (Phi) is 5.43. The molecule has 0 aliphatic carbocycles. The highest BCUT2D eigenvalue weighted by molar-refractivity contribution is 6.41. The Morgan fingerprint density at radius 2 is 1.76 bits per heavy atom. The SMILES string of the molecule is O=C(NNc1c(Cl)cc(Cl)cc1Cl)c1cn(Cc2ccccc2)nn1. The van der Waals surface area contributed by atoms with Gasteiger partial charge in [0, 0.05) is 5.02 Å². The van der Waals surface area contributed by atoms with Gasteiger partial charge >= 0.3 is 0 Å². The van der Waals surface area contributed by atoms with Crippen molar-refractivity contribution in [3.8, 4) is 0 Å². The molecule has 25 heavy (non-hydrogen) atoms. The molecule has 2 N–H and O–H groups in total. The summed E-state index contributed by atoms with van der Waals surface area (Å²) >= 11 is 17.9. The van der Waals surface area contributed by atoms with Gasteiger partial charge in [-0.25, -0.2) is 4.68 Å². The molecule has 9 heteroatoms. The number of hydrogen-bond donors (Lipinski definition) is 2. The number of carbonyl (C=O) groups excluding carboxylic acids is 1. The Bertz CT molecular complexity index is 875. The second-order valence-corrected chi connectivity index (χ2v) is 6.36. The number of hydrazine groups is 1. The van der Waals surface area contributed by atoms with E-state index in [4.69, 9.17) is 34.8 Å². The molecule has 0 spiro atoms. The van der Waals surface area contributed by atoms with Gasteiger partial charge in [0.2, 0.25) is 0 Å². The van der Waals surface area contributed by atoms with Gasteiger partial charge in [-0.15, -0.1) is 5.10 Å². The lowest BCUT2D eigenvalue weighted by atomic mass is 10.2. The Morgan fingerprint density at radius 1 is 1.08 bits per heavy atom. The van der Waals surface area contributed by atoms with E-state index in [9.17, 15) is 4.79 Å².